The molecule has 0 aromatic rings. The van der Waals surface area contributed by atoms with Gasteiger partial charge in [-0.05, 0) is 12.8 Å². The molecule has 3 saturated heterocycles. The van der Waals surface area contributed by atoms with E-state index in [9.17, 15) is 9.59 Å². The molecule has 3 fully saturated rings. The number of nitrogens with zero attached hydrogens (tertiary/aromatic N) is 2. The highest BCUT2D eigenvalue weighted by Gasteiger charge is 2.37. The van der Waals surface area contributed by atoms with Gasteiger partial charge < -0.3 is 25.0 Å². The van der Waals surface area contributed by atoms with E-state index in [1.165, 1.54) is 0 Å². The van der Waals surface area contributed by atoms with Crippen molar-refractivity contribution >= 4 is 11.8 Å². The summed E-state index contributed by atoms with van der Waals surface area (Å²) in [5, 5.41) is 0. The summed E-state index contributed by atoms with van der Waals surface area (Å²) in [4.78, 5) is 28.2. The normalized spacial score (nSPS) is 33.5. The molecular formula is C14H23N3O4. The Bertz CT molecular complexity index is 403. The molecule has 3 rings (SSSR count). The summed E-state index contributed by atoms with van der Waals surface area (Å²) in [5.74, 6) is -0.102. The van der Waals surface area contributed by atoms with E-state index in [0.717, 1.165) is 12.8 Å². The zero-order chi connectivity index (χ0) is 14.8. The largest absolute Gasteiger partial charge is 0.379 e. The van der Waals surface area contributed by atoms with Gasteiger partial charge in [0.05, 0.1) is 19.1 Å². The molecule has 3 atom stereocenters. The number of ether oxygens (including phenoxy) is 2. The Kier molecular flexibility index (Phi) is 4.42. The van der Waals surface area contributed by atoms with Crippen LogP contribution < -0.4 is 5.73 Å². The highest BCUT2D eigenvalue weighted by atomic mass is 16.5. The maximum atomic E-state index is 12.4. The first-order valence-corrected chi connectivity index (χ1v) is 7.69. The minimum absolute atomic E-state index is 0.0595. The average Bonchev–Trinajstić information content (AvgIpc) is 3.17. The molecule has 0 aromatic carbocycles. The van der Waals surface area contributed by atoms with Gasteiger partial charge in [0.25, 0.3) is 5.91 Å². The first-order valence-electron chi connectivity index (χ1n) is 7.69. The third-order valence-electron chi connectivity index (χ3n) is 4.55. The Labute approximate surface area is 124 Å². The lowest BCUT2D eigenvalue weighted by molar-refractivity contribution is -0.147. The number of piperazine rings is 1. The van der Waals surface area contributed by atoms with Gasteiger partial charge in [0.2, 0.25) is 5.91 Å². The number of rotatable bonds is 2. The molecule has 0 aromatic heterocycles. The Balaban J connectivity index is 1.50. The summed E-state index contributed by atoms with van der Waals surface area (Å²) in [7, 11) is 0. The summed E-state index contributed by atoms with van der Waals surface area (Å²) in [6.07, 6.45) is 1.49. The van der Waals surface area contributed by atoms with Gasteiger partial charge >= 0.3 is 0 Å². The highest BCUT2D eigenvalue weighted by Crippen LogP contribution is 2.18. The van der Waals surface area contributed by atoms with Crippen LogP contribution in [-0.2, 0) is 19.1 Å². The summed E-state index contributed by atoms with van der Waals surface area (Å²) in [6, 6.07) is -0.205. The monoisotopic (exact) mass is 297 g/mol. The number of hydrogen-bond acceptors (Lipinski definition) is 5. The van der Waals surface area contributed by atoms with Gasteiger partial charge in [0.15, 0.2) is 0 Å². The predicted molar refractivity (Wildman–Crippen MR) is 74.4 cm³/mol. The second kappa shape index (κ2) is 6.29. The third kappa shape index (κ3) is 3.04. The molecule has 7 heteroatoms. The molecule has 3 heterocycles. The molecule has 0 bridgehead atoms. The van der Waals surface area contributed by atoms with Crippen LogP contribution in [0.4, 0.5) is 0 Å². The van der Waals surface area contributed by atoms with Crippen LogP contribution in [0.5, 0.6) is 0 Å². The number of carbonyl (C=O) groups is 2. The van der Waals surface area contributed by atoms with Gasteiger partial charge in [0.1, 0.15) is 6.10 Å². The standard InChI is InChI=1S/C14H23N3O4/c15-11-9-20-8-10(11)13(18)16-3-5-17(6-4-16)14(19)12-2-1-7-21-12/h10-12H,1-9,15H2. The maximum Gasteiger partial charge on any atom is 0.251 e. The van der Waals surface area contributed by atoms with Crippen LogP contribution in [-0.4, -0.2) is 79.8 Å². The summed E-state index contributed by atoms with van der Waals surface area (Å²) < 4.78 is 10.7. The lowest BCUT2D eigenvalue weighted by Gasteiger charge is -2.37. The van der Waals surface area contributed by atoms with Crippen molar-refractivity contribution in [2.24, 2.45) is 11.7 Å². The van der Waals surface area contributed by atoms with Crippen LogP contribution in [0.3, 0.4) is 0 Å². The van der Waals surface area contributed by atoms with Crippen LogP contribution in [0.25, 0.3) is 0 Å². The second-order valence-corrected chi connectivity index (χ2v) is 5.96. The summed E-state index contributed by atoms with van der Waals surface area (Å²) in [5.41, 5.74) is 5.89. The van der Waals surface area contributed by atoms with Crippen molar-refractivity contribution in [3.63, 3.8) is 0 Å². The lowest BCUT2D eigenvalue weighted by Crippen LogP contribution is -2.55. The van der Waals surface area contributed by atoms with E-state index in [1.807, 2.05) is 4.90 Å². The van der Waals surface area contributed by atoms with Gasteiger partial charge in [-0.25, -0.2) is 0 Å². The zero-order valence-electron chi connectivity index (χ0n) is 12.2. The minimum atomic E-state index is -0.274. The molecule has 0 spiro atoms. The van der Waals surface area contributed by atoms with Crippen LogP contribution >= 0.6 is 0 Å². The van der Waals surface area contributed by atoms with E-state index < -0.39 is 0 Å². The molecular weight excluding hydrogens is 274 g/mol. The molecule has 0 saturated carbocycles. The van der Waals surface area contributed by atoms with Gasteiger partial charge in [-0.3, -0.25) is 9.59 Å². The lowest BCUT2D eigenvalue weighted by atomic mass is 10.0. The topological polar surface area (TPSA) is 85.1 Å². The first kappa shape index (κ1) is 14.7. The Morgan fingerprint density at radius 2 is 1.67 bits per heavy atom. The van der Waals surface area contributed by atoms with Crippen LogP contribution in [0, 0.1) is 5.92 Å². The molecule has 2 N–H and O–H groups in total. The van der Waals surface area contributed by atoms with Crippen molar-refractivity contribution in [2.45, 2.75) is 25.0 Å². The van der Waals surface area contributed by atoms with Gasteiger partial charge in [-0.2, -0.15) is 0 Å². The Hall–Kier alpha value is -1.18. The van der Waals surface area contributed by atoms with Crippen LogP contribution in [0.15, 0.2) is 0 Å². The second-order valence-electron chi connectivity index (χ2n) is 5.96. The Morgan fingerprint density at radius 1 is 1.00 bits per heavy atom. The molecule has 21 heavy (non-hydrogen) atoms. The van der Waals surface area contributed by atoms with Gasteiger partial charge in [-0.15, -0.1) is 0 Å². The quantitative estimate of drug-likeness (QED) is 0.693. The highest BCUT2D eigenvalue weighted by molar-refractivity contribution is 5.82. The van der Waals surface area contributed by atoms with E-state index >= 15 is 0 Å². The molecule has 3 unspecified atom stereocenters. The number of amides is 2. The van der Waals surface area contributed by atoms with E-state index in [-0.39, 0.29) is 29.9 Å². The van der Waals surface area contributed by atoms with Crippen molar-refractivity contribution in [3.8, 4) is 0 Å². The molecule has 7 nitrogen and oxygen atoms in total. The molecule has 3 aliphatic heterocycles. The molecule has 2 amide bonds. The number of nitrogens with two attached hydrogens (primary N) is 1. The van der Waals surface area contributed by atoms with Crippen molar-refractivity contribution < 1.29 is 19.1 Å². The first-order chi connectivity index (χ1) is 10.2. The summed E-state index contributed by atoms with van der Waals surface area (Å²) >= 11 is 0. The van der Waals surface area contributed by atoms with Crippen molar-refractivity contribution in [3.05, 3.63) is 0 Å². The molecule has 0 radical (unpaired) electrons. The predicted octanol–water partition coefficient (Wildman–Crippen LogP) is -1.19. The maximum absolute atomic E-state index is 12.4. The van der Waals surface area contributed by atoms with Gasteiger partial charge in [-0.1, -0.05) is 0 Å². The molecule has 0 aliphatic carbocycles. The number of hydrogen-bond donors (Lipinski definition) is 1. The van der Waals surface area contributed by atoms with Crippen molar-refractivity contribution in [2.75, 3.05) is 46.0 Å². The van der Waals surface area contributed by atoms with Gasteiger partial charge in [0, 0.05) is 38.8 Å². The third-order valence-corrected chi connectivity index (χ3v) is 4.55. The van der Waals surface area contributed by atoms with E-state index in [4.69, 9.17) is 15.2 Å². The van der Waals surface area contributed by atoms with Crippen molar-refractivity contribution in [1.82, 2.24) is 9.80 Å². The fourth-order valence-electron chi connectivity index (χ4n) is 3.18. The minimum Gasteiger partial charge on any atom is -0.379 e. The zero-order valence-corrected chi connectivity index (χ0v) is 12.2. The summed E-state index contributed by atoms with van der Waals surface area (Å²) in [6.45, 7) is 3.83. The number of carbonyl (C=O) groups excluding carboxylic acids is 2. The van der Waals surface area contributed by atoms with E-state index in [2.05, 4.69) is 0 Å². The van der Waals surface area contributed by atoms with Crippen LogP contribution in [0.1, 0.15) is 12.8 Å². The Morgan fingerprint density at radius 3 is 2.19 bits per heavy atom. The average molecular weight is 297 g/mol. The molecule has 118 valence electrons. The van der Waals surface area contributed by atoms with E-state index in [1.54, 1.807) is 4.90 Å². The van der Waals surface area contributed by atoms with Crippen LogP contribution in [0.2, 0.25) is 0 Å². The van der Waals surface area contributed by atoms with Crippen molar-refractivity contribution in [1.29, 1.82) is 0 Å². The van der Waals surface area contributed by atoms with E-state index in [0.29, 0.717) is 46.0 Å². The fourth-order valence-corrected chi connectivity index (χ4v) is 3.18. The smallest absolute Gasteiger partial charge is 0.251 e. The fraction of sp³-hybridized carbons (Fsp3) is 0.857. The SMILES string of the molecule is NC1COCC1C(=O)N1CCN(C(=O)C2CCCO2)CC1. The molecule has 3 aliphatic rings.